The number of para-hydroxylation sites is 1. The molecule has 0 spiro atoms. The van der Waals surface area contributed by atoms with Crippen molar-refractivity contribution in [1.29, 1.82) is 0 Å². The fraction of sp³-hybridized carbons (Fsp3) is 0.200. The molecule has 1 aliphatic rings. The van der Waals surface area contributed by atoms with Crippen LogP contribution in [0.5, 0.6) is 11.5 Å². The lowest BCUT2D eigenvalue weighted by molar-refractivity contribution is 0.178. The maximum atomic E-state index is 10.3. The molecule has 3 rings (SSSR count). The lowest BCUT2D eigenvalue weighted by Gasteiger charge is -2.11. The van der Waals surface area contributed by atoms with Gasteiger partial charge in [0.15, 0.2) is 0 Å². The smallest absolute Gasteiger partial charge is 0.133 e. The van der Waals surface area contributed by atoms with Crippen molar-refractivity contribution in [3.63, 3.8) is 0 Å². The molecule has 0 saturated heterocycles. The molecule has 0 aromatic heterocycles. The molecule has 3 heteroatoms. The second-order valence-electron chi connectivity index (χ2n) is 4.33. The van der Waals surface area contributed by atoms with E-state index >= 15 is 0 Å². The molecule has 0 radical (unpaired) electrons. The van der Waals surface area contributed by atoms with Crippen molar-refractivity contribution >= 4 is 11.8 Å². The Morgan fingerprint density at radius 1 is 1.17 bits per heavy atom. The molecule has 1 heterocycles. The zero-order valence-corrected chi connectivity index (χ0v) is 10.9. The van der Waals surface area contributed by atoms with Gasteiger partial charge in [0.1, 0.15) is 11.5 Å². The summed E-state index contributed by atoms with van der Waals surface area (Å²) in [5.74, 6) is 1.59. The van der Waals surface area contributed by atoms with Crippen LogP contribution < -0.4 is 4.74 Å². The number of rotatable bonds is 1. The Balaban J connectivity index is 2.10. The maximum absolute atomic E-state index is 10.3. The first-order valence-electron chi connectivity index (χ1n) is 5.89. The summed E-state index contributed by atoms with van der Waals surface area (Å²) in [6.45, 7) is 0. The predicted molar refractivity (Wildman–Crippen MR) is 73.4 cm³/mol. The molecule has 2 aromatic rings. The number of ether oxygens (including phenoxy) is 1. The van der Waals surface area contributed by atoms with E-state index in [0.29, 0.717) is 6.42 Å². The minimum Gasteiger partial charge on any atom is -0.457 e. The molecule has 0 bridgehead atoms. The van der Waals surface area contributed by atoms with E-state index in [1.165, 1.54) is 0 Å². The number of hydrogen-bond acceptors (Lipinski definition) is 3. The van der Waals surface area contributed by atoms with Crippen LogP contribution >= 0.6 is 11.8 Å². The quantitative estimate of drug-likeness (QED) is 0.789. The summed E-state index contributed by atoms with van der Waals surface area (Å²) in [6.07, 6.45) is 2.12. The maximum Gasteiger partial charge on any atom is 0.133 e. The third-order valence-electron chi connectivity index (χ3n) is 3.18. The van der Waals surface area contributed by atoms with E-state index in [-0.39, 0.29) is 0 Å². The Labute approximate surface area is 111 Å². The molecule has 92 valence electrons. The average Bonchev–Trinajstić information content (AvgIpc) is 2.54. The third kappa shape index (κ3) is 2.00. The Hall–Kier alpha value is -1.45. The van der Waals surface area contributed by atoms with Gasteiger partial charge in [0.05, 0.1) is 6.10 Å². The van der Waals surface area contributed by atoms with Crippen molar-refractivity contribution in [2.45, 2.75) is 17.4 Å². The number of aliphatic hydroxyl groups excluding tert-OH is 1. The Bertz CT molecular complexity index is 580. The summed E-state index contributed by atoms with van der Waals surface area (Å²) in [5, 5.41) is 10.3. The van der Waals surface area contributed by atoms with Crippen LogP contribution in [0.3, 0.4) is 0 Å². The highest BCUT2D eigenvalue weighted by Gasteiger charge is 2.21. The van der Waals surface area contributed by atoms with Gasteiger partial charge in [0, 0.05) is 16.9 Å². The highest BCUT2D eigenvalue weighted by atomic mass is 32.2. The van der Waals surface area contributed by atoms with Crippen molar-refractivity contribution in [1.82, 2.24) is 0 Å². The lowest BCUT2D eigenvalue weighted by Crippen LogP contribution is -2.00. The highest BCUT2D eigenvalue weighted by molar-refractivity contribution is 7.98. The zero-order valence-electron chi connectivity index (χ0n) is 10.1. The summed E-state index contributed by atoms with van der Waals surface area (Å²) in [6, 6.07) is 13.8. The fourth-order valence-electron chi connectivity index (χ4n) is 2.22. The van der Waals surface area contributed by atoms with Gasteiger partial charge in [0.2, 0.25) is 0 Å². The van der Waals surface area contributed by atoms with Gasteiger partial charge in [-0.15, -0.1) is 11.8 Å². The minimum atomic E-state index is -0.504. The molecule has 2 nitrogen and oxygen atoms in total. The Morgan fingerprint density at radius 3 is 2.83 bits per heavy atom. The van der Waals surface area contributed by atoms with Gasteiger partial charge >= 0.3 is 0 Å². The van der Waals surface area contributed by atoms with Gasteiger partial charge in [-0.1, -0.05) is 18.2 Å². The number of aliphatic hydroxyl groups is 1. The summed E-state index contributed by atoms with van der Waals surface area (Å²) >= 11 is 1.67. The van der Waals surface area contributed by atoms with Crippen LogP contribution in [0.2, 0.25) is 0 Å². The van der Waals surface area contributed by atoms with Crippen LogP contribution in [0, 0.1) is 0 Å². The van der Waals surface area contributed by atoms with Gasteiger partial charge in [-0.2, -0.15) is 0 Å². The molecule has 0 fully saturated rings. The van der Waals surface area contributed by atoms with E-state index in [2.05, 4.69) is 0 Å². The Kier molecular flexibility index (Phi) is 3.02. The molecule has 0 unspecified atom stereocenters. The molecule has 0 amide bonds. The van der Waals surface area contributed by atoms with Crippen LogP contribution in [0.15, 0.2) is 47.4 Å². The van der Waals surface area contributed by atoms with Gasteiger partial charge in [0.25, 0.3) is 0 Å². The van der Waals surface area contributed by atoms with Crippen molar-refractivity contribution in [2.24, 2.45) is 0 Å². The van der Waals surface area contributed by atoms with Crippen LogP contribution in [0.1, 0.15) is 17.2 Å². The fourth-order valence-corrected chi connectivity index (χ4v) is 2.66. The van der Waals surface area contributed by atoms with Crippen LogP contribution in [0.25, 0.3) is 0 Å². The monoisotopic (exact) mass is 258 g/mol. The first-order valence-corrected chi connectivity index (χ1v) is 7.12. The Morgan fingerprint density at radius 2 is 2.00 bits per heavy atom. The average molecular weight is 258 g/mol. The molecule has 0 saturated carbocycles. The van der Waals surface area contributed by atoms with Gasteiger partial charge in [-0.3, -0.25) is 0 Å². The number of thioether (sulfide) groups is 1. The van der Waals surface area contributed by atoms with Gasteiger partial charge in [-0.05, 0) is 36.1 Å². The number of fused-ring (bicyclic) bond motifs is 2. The summed E-state index contributed by atoms with van der Waals surface area (Å²) in [5.41, 5.74) is 1.92. The summed E-state index contributed by atoms with van der Waals surface area (Å²) in [4.78, 5) is 1.14. The normalized spacial score (nSPS) is 17.3. The SMILES string of the molecule is CSc1ccc2c(c1)[C@@H](O)Cc1ccccc1O2. The first-order chi connectivity index (χ1) is 8.78. The van der Waals surface area contributed by atoms with Crippen LogP contribution in [-0.4, -0.2) is 11.4 Å². The zero-order chi connectivity index (χ0) is 12.5. The van der Waals surface area contributed by atoms with E-state index in [1.807, 2.05) is 48.7 Å². The second-order valence-corrected chi connectivity index (χ2v) is 5.21. The van der Waals surface area contributed by atoms with Crippen LogP contribution in [0.4, 0.5) is 0 Å². The van der Waals surface area contributed by atoms with Crippen molar-refractivity contribution in [2.75, 3.05) is 6.26 Å². The number of hydrogen-bond donors (Lipinski definition) is 1. The molecule has 2 aromatic carbocycles. The number of benzene rings is 2. The standard InChI is InChI=1S/C15H14O2S/c1-18-11-6-7-15-12(9-11)13(16)8-10-4-2-3-5-14(10)17-15/h2-7,9,13,16H,8H2,1H3/t13-/m0/s1. The lowest BCUT2D eigenvalue weighted by atomic mass is 10.0. The molecular formula is C15H14O2S. The molecule has 1 N–H and O–H groups in total. The predicted octanol–water partition coefficient (Wildman–Crippen LogP) is 3.79. The van der Waals surface area contributed by atoms with E-state index in [4.69, 9.17) is 4.74 Å². The largest absolute Gasteiger partial charge is 0.457 e. The third-order valence-corrected chi connectivity index (χ3v) is 3.91. The van der Waals surface area contributed by atoms with E-state index in [9.17, 15) is 5.11 Å². The molecule has 1 atom stereocenters. The molecule has 0 aliphatic carbocycles. The second kappa shape index (κ2) is 4.67. The molecular weight excluding hydrogens is 244 g/mol. The van der Waals surface area contributed by atoms with Crippen LogP contribution in [-0.2, 0) is 6.42 Å². The highest BCUT2D eigenvalue weighted by Crippen LogP contribution is 2.39. The van der Waals surface area contributed by atoms with Crippen molar-refractivity contribution in [3.8, 4) is 11.5 Å². The molecule has 18 heavy (non-hydrogen) atoms. The van der Waals surface area contributed by atoms with Crippen molar-refractivity contribution in [3.05, 3.63) is 53.6 Å². The van der Waals surface area contributed by atoms with Gasteiger partial charge in [-0.25, -0.2) is 0 Å². The van der Waals surface area contributed by atoms with Gasteiger partial charge < -0.3 is 9.84 Å². The molecule has 1 aliphatic heterocycles. The van der Waals surface area contributed by atoms with E-state index < -0.39 is 6.10 Å². The van der Waals surface area contributed by atoms with Crippen molar-refractivity contribution < 1.29 is 9.84 Å². The first kappa shape index (κ1) is 11.6. The van der Waals surface area contributed by atoms with E-state index in [1.54, 1.807) is 11.8 Å². The minimum absolute atomic E-state index is 0.504. The van der Waals surface area contributed by atoms with E-state index in [0.717, 1.165) is 27.5 Å². The summed E-state index contributed by atoms with van der Waals surface area (Å²) in [7, 11) is 0. The topological polar surface area (TPSA) is 29.5 Å². The summed E-state index contributed by atoms with van der Waals surface area (Å²) < 4.78 is 5.90.